The van der Waals surface area contributed by atoms with Crippen LogP contribution in [0.2, 0.25) is 0 Å². The molecule has 4 heteroatoms. The van der Waals surface area contributed by atoms with E-state index in [1.165, 1.54) is 0 Å². The molecule has 0 aliphatic rings. The summed E-state index contributed by atoms with van der Waals surface area (Å²) in [5.41, 5.74) is 4.99. The molecule has 0 spiro atoms. The summed E-state index contributed by atoms with van der Waals surface area (Å²) < 4.78 is 5.80. The lowest BCUT2D eigenvalue weighted by Crippen LogP contribution is -1.96. The van der Waals surface area contributed by atoms with Crippen molar-refractivity contribution in [2.75, 3.05) is 5.43 Å². The third-order valence-electron chi connectivity index (χ3n) is 3.16. The van der Waals surface area contributed by atoms with Gasteiger partial charge in [-0.2, -0.15) is 5.10 Å². The summed E-state index contributed by atoms with van der Waals surface area (Å²) >= 11 is 0. The number of aromatic nitrogens is 1. The van der Waals surface area contributed by atoms with Crippen LogP contribution >= 0.6 is 0 Å². The molecule has 0 aliphatic heterocycles. The van der Waals surface area contributed by atoms with Crippen LogP contribution in [0.25, 0.3) is 0 Å². The SMILES string of the molecule is C(=NNc1ccccn1)c1cccc(OCc2ccccc2)c1. The first-order valence-electron chi connectivity index (χ1n) is 7.37. The minimum atomic E-state index is 0.549. The molecule has 0 fully saturated rings. The van der Waals surface area contributed by atoms with Crippen LogP contribution in [0.1, 0.15) is 11.1 Å². The molecular weight excluding hydrogens is 286 g/mol. The summed E-state index contributed by atoms with van der Waals surface area (Å²) in [7, 11) is 0. The van der Waals surface area contributed by atoms with Gasteiger partial charge in [-0.25, -0.2) is 4.98 Å². The molecule has 0 aliphatic carbocycles. The van der Waals surface area contributed by atoms with Gasteiger partial charge in [-0.05, 0) is 35.4 Å². The molecule has 1 N–H and O–H groups in total. The van der Waals surface area contributed by atoms with Gasteiger partial charge in [-0.1, -0.05) is 48.5 Å². The van der Waals surface area contributed by atoms with Crippen LogP contribution in [-0.2, 0) is 6.61 Å². The van der Waals surface area contributed by atoms with Gasteiger partial charge < -0.3 is 4.74 Å². The zero-order valence-corrected chi connectivity index (χ0v) is 12.6. The van der Waals surface area contributed by atoms with Crippen molar-refractivity contribution in [3.63, 3.8) is 0 Å². The number of hydrazone groups is 1. The molecule has 0 radical (unpaired) electrons. The van der Waals surface area contributed by atoms with E-state index in [1.807, 2.05) is 72.8 Å². The summed E-state index contributed by atoms with van der Waals surface area (Å²) in [4.78, 5) is 4.14. The van der Waals surface area contributed by atoms with Crippen LogP contribution in [0.3, 0.4) is 0 Å². The zero-order chi connectivity index (χ0) is 15.7. The molecule has 0 unspecified atom stereocenters. The van der Waals surface area contributed by atoms with E-state index in [-0.39, 0.29) is 0 Å². The Morgan fingerprint density at radius 3 is 2.65 bits per heavy atom. The number of hydrogen-bond acceptors (Lipinski definition) is 4. The van der Waals surface area contributed by atoms with Gasteiger partial charge in [-0.15, -0.1) is 0 Å². The van der Waals surface area contributed by atoms with Crippen LogP contribution in [-0.4, -0.2) is 11.2 Å². The summed E-state index contributed by atoms with van der Waals surface area (Å²) in [6.45, 7) is 0.549. The summed E-state index contributed by atoms with van der Waals surface area (Å²) in [5.74, 6) is 1.52. The molecule has 23 heavy (non-hydrogen) atoms. The number of rotatable bonds is 6. The summed E-state index contributed by atoms with van der Waals surface area (Å²) in [5, 5.41) is 4.18. The maximum atomic E-state index is 5.80. The van der Waals surface area contributed by atoms with E-state index >= 15 is 0 Å². The highest BCUT2D eigenvalue weighted by Crippen LogP contribution is 2.14. The Hall–Kier alpha value is -3.14. The number of nitrogens with one attached hydrogen (secondary N) is 1. The number of nitrogens with zero attached hydrogens (tertiary/aromatic N) is 2. The number of pyridine rings is 1. The van der Waals surface area contributed by atoms with Gasteiger partial charge in [-0.3, -0.25) is 5.43 Å². The maximum absolute atomic E-state index is 5.80. The molecule has 1 aromatic heterocycles. The highest BCUT2D eigenvalue weighted by molar-refractivity contribution is 5.80. The van der Waals surface area contributed by atoms with Crippen LogP contribution in [0.4, 0.5) is 5.82 Å². The van der Waals surface area contributed by atoms with E-state index in [0.717, 1.165) is 16.9 Å². The Morgan fingerprint density at radius 1 is 0.957 bits per heavy atom. The molecule has 3 aromatic rings. The second-order valence-electron chi connectivity index (χ2n) is 4.93. The van der Waals surface area contributed by atoms with Crippen LogP contribution in [0, 0.1) is 0 Å². The van der Waals surface area contributed by atoms with Gasteiger partial charge in [0.25, 0.3) is 0 Å². The minimum Gasteiger partial charge on any atom is -0.489 e. The van der Waals surface area contributed by atoms with Crippen molar-refractivity contribution in [1.29, 1.82) is 0 Å². The van der Waals surface area contributed by atoms with Crippen molar-refractivity contribution in [3.05, 3.63) is 90.1 Å². The molecule has 4 nitrogen and oxygen atoms in total. The second-order valence-corrected chi connectivity index (χ2v) is 4.93. The van der Waals surface area contributed by atoms with E-state index in [9.17, 15) is 0 Å². The Labute approximate surface area is 135 Å². The average Bonchev–Trinajstić information content (AvgIpc) is 2.62. The fourth-order valence-corrected chi connectivity index (χ4v) is 2.03. The minimum absolute atomic E-state index is 0.549. The first kappa shape index (κ1) is 14.8. The predicted octanol–water partition coefficient (Wildman–Crippen LogP) is 4.11. The third-order valence-corrected chi connectivity index (χ3v) is 3.16. The number of hydrogen-bond donors (Lipinski definition) is 1. The molecule has 0 atom stereocenters. The van der Waals surface area contributed by atoms with Gasteiger partial charge in [0.15, 0.2) is 0 Å². The molecule has 2 aromatic carbocycles. The molecule has 3 rings (SSSR count). The smallest absolute Gasteiger partial charge is 0.146 e. The fourth-order valence-electron chi connectivity index (χ4n) is 2.03. The molecule has 0 bridgehead atoms. The first-order chi connectivity index (χ1) is 11.4. The summed E-state index contributed by atoms with van der Waals surface area (Å²) in [6, 6.07) is 23.5. The standard InChI is InChI=1S/C19H17N3O/c1-2-7-16(8-3-1)15-23-18-10-6-9-17(13-18)14-21-22-19-11-4-5-12-20-19/h1-14H,15H2,(H,20,22). The Balaban J connectivity index is 1.58. The van der Waals surface area contributed by atoms with Gasteiger partial charge in [0.05, 0.1) is 6.21 Å². The topological polar surface area (TPSA) is 46.5 Å². The molecule has 0 saturated carbocycles. The van der Waals surface area contributed by atoms with E-state index in [0.29, 0.717) is 12.4 Å². The van der Waals surface area contributed by atoms with E-state index in [2.05, 4.69) is 15.5 Å². The van der Waals surface area contributed by atoms with Crippen molar-refractivity contribution < 1.29 is 4.74 Å². The molecule has 0 amide bonds. The van der Waals surface area contributed by atoms with Crippen LogP contribution in [0.5, 0.6) is 5.75 Å². The normalized spacial score (nSPS) is 10.6. The zero-order valence-electron chi connectivity index (χ0n) is 12.6. The van der Waals surface area contributed by atoms with E-state index in [1.54, 1.807) is 12.4 Å². The summed E-state index contributed by atoms with van der Waals surface area (Å²) in [6.07, 6.45) is 3.46. The Morgan fingerprint density at radius 2 is 1.83 bits per heavy atom. The van der Waals surface area contributed by atoms with Gasteiger partial charge in [0.1, 0.15) is 18.2 Å². The number of benzene rings is 2. The molecule has 114 valence electrons. The molecule has 1 heterocycles. The quantitative estimate of drug-likeness (QED) is 0.550. The Kier molecular flexibility index (Phi) is 4.98. The van der Waals surface area contributed by atoms with Gasteiger partial charge in [0.2, 0.25) is 0 Å². The highest BCUT2D eigenvalue weighted by atomic mass is 16.5. The maximum Gasteiger partial charge on any atom is 0.146 e. The lowest BCUT2D eigenvalue weighted by molar-refractivity contribution is 0.306. The largest absolute Gasteiger partial charge is 0.489 e. The van der Waals surface area contributed by atoms with Gasteiger partial charge in [0, 0.05) is 6.20 Å². The fraction of sp³-hybridized carbons (Fsp3) is 0.0526. The van der Waals surface area contributed by atoms with Crippen molar-refractivity contribution in [1.82, 2.24) is 4.98 Å². The number of ether oxygens (including phenoxy) is 1. The monoisotopic (exact) mass is 303 g/mol. The molecular formula is C19H17N3O. The van der Waals surface area contributed by atoms with Crippen LogP contribution in [0.15, 0.2) is 84.1 Å². The average molecular weight is 303 g/mol. The van der Waals surface area contributed by atoms with Crippen molar-refractivity contribution in [2.24, 2.45) is 5.10 Å². The first-order valence-corrected chi connectivity index (χ1v) is 7.37. The van der Waals surface area contributed by atoms with E-state index in [4.69, 9.17) is 4.74 Å². The van der Waals surface area contributed by atoms with Crippen molar-refractivity contribution in [2.45, 2.75) is 6.61 Å². The third kappa shape index (κ3) is 4.68. The van der Waals surface area contributed by atoms with Gasteiger partial charge >= 0.3 is 0 Å². The lowest BCUT2D eigenvalue weighted by Gasteiger charge is -2.06. The lowest BCUT2D eigenvalue weighted by atomic mass is 10.2. The van der Waals surface area contributed by atoms with E-state index < -0.39 is 0 Å². The second kappa shape index (κ2) is 7.75. The highest BCUT2D eigenvalue weighted by Gasteiger charge is 1.97. The van der Waals surface area contributed by atoms with Crippen molar-refractivity contribution >= 4 is 12.0 Å². The van der Waals surface area contributed by atoms with Crippen molar-refractivity contribution in [3.8, 4) is 5.75 Å². The van der Waals surface area contributed by atoms with Crippen LogP contribution < -0.4 is 10.2 Å². The Bertz CT molecular complexity index is 758. The molecule has 0 saturated heterocycles. The predicted molar refractivity (Wildman–Crippen MR) is 92.7 cm³/mol. The number of anilines is 1.